The minimum atomic E-state index is 0.837. The molecule has 0 aliphatic rings. The maximum Gasteiger partial charge on any atom is 0.120 e. The van der Waals surface area contributed by atoms with Gasteiger partial charge in [-0.25, -0.2) is 0 Å². The third kappa shape index (κ3) is 6.55. The van der Waals surface area contributed by atoms with Gasteiger partial charge in [0.15, 0.2) is 0 Å². The number of rotatable bonds is 10. The van der Waals surface area contributed by atoms with E-state index >= 15 is 0 Å². The monoisotopic (exact) mass is 281 g/mol. The lowest BCUT2D eigenvalue weighted by Gasteiger charge is -2.16. The van der Waals surface area contributed by atoms with Crippen LogP contribution in [0.3, 0.4) is 0 Å². The zero-order valence-corrected chi connectivity index (χ0v) is 13.8. The Labute approximate surface area is 124 Å². The highest BCUT2D eigenvalue weighted by atomic mass is 16.3. The molecule has 0 atom stereocenters. The molecule has 0 saturated carbocycles. The van der Waals surface area contributed by atoms with Crippen molar-refractivity contribution < 1.29 is 4.42 Å². The molecular formula is C16H31N3O. The Morgan fingerprint density at radius 3 is 2.60 bits per heavy atom. The summed E-state index contributed by atoms with van der Waals surface area (Å²) in [6.07, 6.45) is 2.34. The smallest absolute Gasteiger partial charge is 0.120 e. The summed E-state index contributed by atoms with van der Waals surface area (Å²) in [7, 11) is 6.39. The van der Waals surface area contributed by atoms with Gasteiger partial charge in [0.1, 0.15) is 11.5 Å². The molecule has 20 heavy (non-hydrogen) atoms. The van der Waals surface area contributed by atoms with Gasteiger partial charge in [-0.3, -0.25) is 4.90 Å². The Morgan fingerprint density at radius 1 is 1.20 bits per heavy atom. The van der Waals surface area contributed by atoms with Crippen LogP contribution in [-0.4, -0.2) is 50.6 Å². The maximum absolute atomic E-state index is 5.94. The summed E-state index contributed by atoms with van der Waals surface area (Å²) in [6.45, 7) is 9.30. The van der Waals surface area contributed by atoms with Crippen molar-refractivity contribution in [3.05, 3.63) is 23.2 Å². The first-order valence-electron chi connectivity index (χ1n) is 7.65. The first-order valence-corrected chi connectivity index (χ1v) is 7.65. The summed E-state index contributed by atoms with van der Waals surface area (Å²) in [5.74, 6) is 2.15. The van der Waals surface area contributed by atoms with Gasteiger partial charge >= 0.3 is 0 Å². The van der Waals surface area contributed by atoms with Crippen molar-refractivity contribution in [1.29, 1.82) is 0 Å². The molecule has 0 aromatic carbocycles. The van der Waals surface area contributed by atoms with Crippen molar-refractivity contribution in [2.24, 2.45) is 0 Å². The largest absolute Gasteiger partial charge is 0.463 e. The standard InChI is InChI=1S/C16H31N3O/c1-6-8-17-12-16-14(2)11-15(20-16)13-19(5)10-7-9-18(3)4/h11,17H,6-10,12-13H2,1-5H3. The zero-order chi connectivity index (χ0) is 15.0. The SMILES string of the molecule is CCCNCc1oc(CN(C)CCCN(C)C)cc1C. The maximum atomic E-state index is 5.94. The van der Waals surface area contributed by atoms with Crippen LogP contribution in [0.2, 0.25) is 0 Å². The predicted molar refractivity (Wildman–Crippen MR) is 84.9 cm³/mol. The van der Waals surface area contributed by atoms with E-state index in [2.05, 4.69) is 56.2 Å². The van der Waals surface area contributed by atoms with Crippen molar-refractivity contribution in [3.63, 3.8) is 0 Å². The van der Waals surface area contributed by atoms with Crippen LogP contribution in [0.1, 0.15) is 36.8 Å². The quantitative estimate of drug-likeness (QED) is 0.668. The number of nitrogens with zero attached hydrogens (tertiary/aromatic N) is 2. The Kier molecular flexibility index (Phi) is 7.88. The van der Waals surface area contributed by atoms with E-state index in [-0.39, 0.29) is 0 Å². The summed E-state index contributed by atoms with van der Waals surface area (Å²) in [4.78, 5) is 4.55. The Hall–Kier alpha value is -0.840. The molecule has 0 spiro atoms. The summed E-state index contributed by atoms with van der Waals surface area (Å²) < 4.78 is 5.94. The van der Waals surface area contributed by atoms with Crippen LogP contribution in [0, 0.1) is 6.92 Å². The highest BCUT2D eigenvalue weighted by Gasteiger charge is 2.09. The van der Waals surface area contributed by atoms with Crippen LogP contribution >= 0.6 is 0 Å². The van der Waals surface area contributed by atoms with E-state index < -0.39 is 0 Å². The van der Waals surface area contributed by atoms with Crippen LogP contribution in [0.4, 0.5) is 0 Å². The Morgan fingerprint density at radius 2 is 1.95 bits per heavy atom. The molecule has 1 aromatic heterocycles. The van der Waals surface area contributed by atoms with Crippen molar-refractivity contribution >= 4 is 0 Å². The van der Waals surface area contributed by atoms with Crippen LogP contribution in [0.25, 0.3) is 0 Å². The average Bonchev–Trinajstić information content (AvgIpc) is 2.69. The number of nitrogens with one attached hydrogen (secondary N) is 1. The van der Waals surface area contributed by atoms with Crippen LogP contribution in [-0.2, 0) is 13.1 Å². The fraction of sp³-hybridized carbons (Fsp3) is 0.750. The third-order valence-electron chi connectivity index (χ3n) is 3.35. The normalized spacial score (nSPS) is 11.8. The van der Waals surface area contributed by atoms with Crippen LogP contribution in [0.15, 0.2) is 10.5 Å². The number of furan rings is 1. The van der Waals surface area contributed by atoms with Gasteiger partial charge in [0, 0.05) is 0 Å². The van der Waals surface area contributed by atoms with Crippen molar-refractivity contribution in [2.75, 3.05) is 40.8 Å². The van der Waals surface area contributed by atoms with Gasteiger partial charge in [-0.05, 0) is 72.2 Å². The molecule has 116 valence electrons. The van der Waals surface area contributed by atoms with Crippen LogP contribution < -0.4 is 5.32 Å². The fourth-order valence-corrected chi connectivity index (χ4v) is 2.22. The Balaban J connectivity index is 2.37. The van der Waals surface area contributed by atoms with E-state index in [4.69, 9.17) is 4.42 Å². The molecule has 0 amide bonds. The predicted octanol–water partition coefficient (Wildman–Crippen LogP) is 2.47. The molecule has 0 bridgehead atoms. The number of hydrogen-bond acceptors (Lipinski definition) is 4. The highest BCUT2D eigenvalue weighted by molar-refractivity contribution is 5.20. The molecule has 1 rings (SSSR count). The molecule has 0 saturated heterocycles. The first-order chi connectivity index (χ1) is 9.52. The van der Waals surface area contributed by atoms with Gasteiger partial charge in [-0.2, -0.15) is 0 Å². The van der Waals surface area contributed by atoms with E-state index in [1.165, 1.54) is 12.0 Å². The van der Waals surface area contributed by atoms with Crippen molar-refractivity contribution in [3.8, 4) is 0 Å². The van der Waals surface area contributed by atoms with Gasteiger partial charge in [0.05, 0.1) is 13.1 Å². The van der Waals surface area contributed by atoms with Gasteiger partial charge in [-0.15, -0.1) is 0 Å². The lowest BCUT2D eigenvalue weighted by Crippen LogP contribution is -2.23. The van der Waals surface area contributed by atoms with E-state index in [1.54, 1.807) is 0 Å². The van der Waals surface area contributed by atoms with E-state index in [1.807, 2.05) is 0 Å². The van der Waals surface area contributed by atoms with E-state index in [0.29, 0.717) is 0 Å². The molecule has 1 heterocycles. The molecule has 0 aliphatic carbocycles. The van der Waals surface area contributed by atoms with E-state index in [9.17, 15) is 0 Å². The highest BCUT2D eigenvalue weighted by Crippen LogP contribution is 2.16. The van der Waals surface area contributed by atoms with Crippen molar-refractivity contribution in [1.82, 2.24) is 15.1 Å². The molecule has 4 nitrogen and oxygen atoms in total. The minimum absolute atomic E-state index is 0.837. The van der Waals surface area contributed by atoms with Gasteiger partial charge < -0.3 is 14.6 Å². The minimum Gasteiger partial charge on any atom is -0.463 e. The third-order valence-corrected chi connectivity index (χ3v) is 3.35. The molecular weight excluding hydrogens is 250 g/mol. The van der Waals surface area contributed by atoms with Gasteiger partial charge in [-0.1, -0.05) is 6.92 Å². The second kappa shape index (κ2) is 9.16. The summed E-state index contributed by atoms with van der Waals surface area (Å²) in [5, 5.41) is 3.39. The summed E-state index contributed by atoms with van der Waals surface area (Å²) in [6, 6.07) is 2.17. The van der Waals surface area contributed by atoms with E-state index in [0.717, 1.165) is 50.7 Å². The first kappa shape index (κ1) is 17.2. The molecule has 0 unspecified atom stereocenters. The fourth-order valence-electron chi connectivity index (χ4n) is 2.22. The van der Waals surface area contributed by atoms with Crippen LogP contribution in [0.5, 0.6) is 0 Å². The second-order valence-corrected chi connectivity index (χ2v) is 5.89. The topological polar surface area (TPSA) is 31.7 Å². The summed E-state index contributed by atoms with van der Waals surface area (Å²) >= 11 is 0. The molecule has 0 fully saturated rings. The molecule has 1 N–H and O–H groups in total. The Bertz CT molecular complexity index is 374. The van der Waals surface area contributed by atoms with Gasteiger partial charge in [0.2, 0.25) is 0 Å². The van der Waals surface area contributed by atoms with Gasteiger partial charge in [0.25, 0.3) is 0 Å². The summed E-state index contributed by atoms with van der Waals surface area (Å²) in [5.41, 5.74) is 1.25. The average molecular weight is 281 g/mol. The molecule has 1 aromatic rings. The molecule has 4 heteroatoms. The lowest BCUT2D eigenvalue weighted by molar-refractivity contribution is 0.270. The number of aryl methyl sites for hydroxylation is 1. The molecule has 0 radical (unpaired) electrons. The number of hydrogen-bond donors (Lipinski definition) is 1. The zero-order valence-electron chi connectivity index (χ0n) is 13.8. The molecule has 0 aliphatic heterocycles. The van der Waals surface area contributed by atoms with Crippen molar-refractivity contribution in [2.45, 2.75) is 39.8 Å². The lowest BCUT2D eigenvalue weighted by atomic mass is 10.2. The second-order valence-electron chi connectivity index (χ2n) is 5.89.